The highest BCUT2D eigenvalue weighted by Gasteiger charge is 2.64. The zero-order valence-electron chi connectivity index (χ0n) is 34.6. The Kier molecular flexibility index (Phi) is 13.6. The van der Waals surface area contributed by atoms with Crippen molar-refractivity contribution in [3.8, 4) is 5.75 Å². The van der Waals surface area contributed by atoms with Crippen LogP contribution in [0, 0.1) is 17.4 Å². The van der Waals surface area contributed by atoms with E-state index in [9.17, 15) is 28.8 Å². The summed E-state index contributed by atoms with van der Waals surface area (Å²) < 4.78 is 6.33. The molecule has 6 amide bonds. The summed E-state index contributed by atoms with van der Waals surface area (Å²) in [7, 11) is 0. The van der Waals surface area contributed by atoms with Crippen LogP contribution in [0.3, 0.4) is 0 Å². The van der Waals surface area contributed by atoms with Crippen LogP contribution in [0.1, 0.15) is 133 Å². The standard InChI is InChI=1S/C46H53ClN6O7/c1-45(2)43(46(3,4)44(45)60-30-21-22-33(48-5)32(47)27-30)52-39(56)29-19-17-28(18-20-29)38(55)50-26-13-11-9-7-6-8-10-12-25-49-34-16-14-15-31-37(34)42(59)53(41(31)58)35-23-24-36(54)51-40(35)57/h14-22,27,35,43-44,49H,6-13,23-26H2,1-4H3,(H,50,55)(H,52,56)(H,51,54,57). The molecule has 2 heterocycles. The van der Waals surface area contributed by atoms with Crippen LogP contribution in [0.25, 0.3) is 4.85 Å². The maximum Gasteiger partial charge on any atom is 0.264 e. The first-order valence-corrected chi connectivity index (χ1v) is 21.1. The second-order valence-corrected chi connectivity index (χ2v) is 17.4. The van der Waals surface area contributed by atoms with Gasteiger partial charge in [-0.15, -0.1) is 0 Å². The number of hydrogen-bond donors (Lipinski definition) is 4. The quantitative estimate of drug-likeness (QED) is 0.0571. The molecular formula is C46H53ClN6O7. The molecule has 60 heavy (non-hydrogen) atoms. The highest BCUT2D eigenvalue weighted by molar-refractivity contribution is 6.33. The van der Waals surface area contributed by atoms with E-state index >= 15 is 0 Å². The molecule has 2 fully saturated rings. The van der Waals surface area contributed by atoms with Gasteiger partial charge in [0.2, 0.25) is 17.5 Å². The largest absolute Gasteiger partial charge is 0.489 e. The molecule has 4 N–H and O–H groups in total. The van der Waals surface area contributed by atoms with Crippen LogP contribution in [0.5, 0.6) is 5.75 Å². The number of piperidine rings is 1. The number of ether oxygens (including phenoxy) is 1. The third-order valence-corrected chi connectivity index (χ3v) is 12.3. The van der Waals surface area contributed by atoms with Crippen LogP contribution in [0.2, 0.25) is 5.02 Å². The molecule has 3 aliphatic rings. The van der Waals surface area contributed by atoms with Crippen LogP contribution in [0.4, 0.5) is 11.4 Å². The summed E-state index contributed by atoms with van der Waals surface area (Å²) in [4.78, 5) is 80.8. The van der Waals surface area contributed by atoms with E-state index in [2.05, 4.69) is 53.8 Å². The van der Waals surface area contributed by atoms with Crippen molar-refractivity contribution < 1.29 is 33.5 Å². The van der Waals surface area contributed by atoms with E-state index in [0.29, 0.717) is 46.4 Å². The number of halogens is 1. The van der Waals surface area contributed by atoms with E-state index in [-0.39, 0.29) is 47.9 Å². The number of carbonyl (C=O) groups excluding carboxylic acids is 6. The monoisotopic (exact) mass is 836 g/mol. The minimum atomic E-state index is -0.991. The Hall–Kier alpha value is -5.74. The van der Waals surface area contributed by atoms with Gasteiger partial charge in [-0.25, -0.2) is 4.85 Å². The number of rotatable bonds is 18. The minimum absolute atomic E-state index is 0.0782. The van der Waals surface area contributed by atoms with Crippen LogP contribution < -0.4 is 26.0 Å². The van der Waals surface area contributed by atoms with Crippen molar-refractivity contribution in [2.45, 2.75) is 110 Å². The minimum Gasteiger partial charge on any atom is -0.489 e. The van der Waals surface area contributed by atoms with Crippen LogP contribution in [-0.2, 0) is 9.59 Å². The number of fused-ring (bicyclic) bond motifs is 1. The zero-order valence-corrected chi connectivity index (χ0v) is 35.4. The molecular weight excluding hydrogens is 784 g/mol. The van der Waals surface area contributed by atoms with E-state index in [1.165, 1.54) is 0 Å². The molecule has 316 valence electrons. The average molecular weight is 837 g/mol. The predicted molar refractivity (Wildman–Crippen MR) is 228 cm³/mol. The summed E-state index contributed by atoms with van der Waals surface area (Å²) in [5.74, 6) is -1.88. The molecule has 0 radical (unpaired) electrons. The van der Waals surface area contributed by atoms with Crippen molar-refractivity contribution in [1.29, 1.82) is 0 Å². The van der Waals surface area contributed by atoms with Gasteiger partial charge >= 0.3 is 0 Å². The number of imide groups is 2. The van der Waals surface area contributed by atoms with Gasteiger partial charge in [0.05, 0.1) is 22.7 Å². The highest BCUT2D eigenvalue weighted by Crippen LogP contribution is 2.55. The predicted octanol–water partition coefficient (Wildman–Crippen LogP) is 7.87. The molecule has 1 saturated heterocycles. The Balaban J connectivity index is 0.830. The van der Waals surface area contributed by atoms with Gasteiger partial charge in [0.1, 0.15) is 17.9 Å². The lowest BCUT2D eigenvalue weighted by Crippen LogP contribution is -2.74. The van der Waals surface area contributed by atoms with Crippen molar-refractivity contribution in [1.82, 2.24) is 20.9 Å². The fourth-order valence-corrected chi connectivity index (χ4v) is 9.29. The summed E-state index contributed by atoms with van der Waals surface area (Å²) in [6.07, 6.45) is 8.10. The lowest BCUT2D eigenvalue weighted by Gasteiger charge is -2.63. The number of anilines is 1. The van der Waals surface area contributed by atoms with Crippen LogP contribution in [-0.4, -0.2) is 71.6 Å². The fourth-order valence-electron chi connectivity index (χ4n) is 9.07. The van der Waals surface area contributed by atoms with Gasteiger partial charge in [-0.3, -0.25) is 39.0 Å². The van der Waals surface area contributed by atoms with Gasteiger partial charge in [0, 0.05) is 53.2 Å². The lowest BCUT2D eigenvalue weighted by molar-refractivity contribution is -0.164. The van der Waals surface area contributed by atoms with Crippen molar-refractivity contribution in [3.05, 3.63) is 99.4 Å². The molecule has 1 atom stereocenters. The number of amides is 6. The third-order valence-electron chi connectivity index (χ3n) is 12.0. The summed E-state index contributed by atoms with van der Waals surface area (Å²) in [5.41, 5.74) is 1.65. The molecule has 13 nitrogen and oxygen atoms in total. The van der Waals surface area contributed by atoms with Gasteiger partial charge in [-0.2, -0.15) is 0 Å². The van der Waals surface area contributed by atoms with Gasteiger partial charge in [-0.05, 0) is 67.8 Å². The van der Waals surface area contributed by atoms with Crippen molar-refractivity contribution in [2.75, 3.05) is 18.4 Å². The Labute approximate surface area is 356 Å². The first-order chi connectivity index (χ1) is 28.6. The van der Waals surface area contributed by atoms with Crippen LogP contribution in [0.15, 0.2) is 60.7 Å². The molecule has 3 aromatic carbocycles. The van der Waals surface area contributed by atoms with E-state index in [1.807, 2.05) is 0 Å². The first-order valence-electron chi connectivity index (χ1n) is 20.8. The lowest BCUT2D eigenvalue weighted by atomic mass is 9.49. The molecule has 6 rings (SSSR count). The maximum atomic E-state index is 13.3. The SMILES string of the molecule is [C-]#[N+]c1ccc(OC2C(C)(C)C(NC(=O)c3ccc(C(=O)NCCCCCCCCCCNc4cccc5c4C(=O)N(C4CCC(=O)NC4=O)C5=O)cc3)C2(C)C)cc1Cl. The molecule has 2 aliphatic heterocycles. The van der Waals surface area contributed by atoms with Crippen molar-refractivity contribution in [2.24, 2.45) is 10.8 Å². The molecule has 0 spiro atoms. The number of carbonyl (C=O) groups is 6. The molecule has 14 heteroatoms. The maximum absolute atomic E-state index is 13.3. The second-order valence-electron chi connectivity index (χ2n) is 17.0. The van der Waals surface area contributed by atoms with E-state index < -0.39 is 40.5 Å². The third kappa shape index (κ3) is 9.34. The Morgan fingerprint density at radius 2 is 1.45 bits per heavy atom. The van der Waals surface area contributed by atoms with Crippen molar-refractivity contribution >= 4 is 58.4 Å². The smallest absolute Gasteiger partial charge is 0.264 e. The Morgan fingerprint density at radius 1 is 0.833 bits per heavy atom. The van der Waals surface area contributed by atoms with Crippen LogP contribution >= 0.6 is 11.6 Å². The van der Waals surface area contributed by atoms with E-state index in [4.69, 9.17) is 22.9 Å². The Morgan fingerprint density at radius 3 is 2.07 bits per heavy atom. The topological polar surface area (TPSA) is 167 Å². The number of nitrogens with zero attached hydrogens (tertiary/aromatic N) is 2. The molecule has 0 aromatic heterocycles. The fraction of sp³-hybridized carbons (Fsp3) is 0.457. The first kappa shape index (κ1) is 43.8. The molecule has 1 aliphatic carbocycles. The van der Waals surface area contributed by atoms with E-state index in [0.717, 1.165) is 56.3 Å². The number of unbranched alkanes of at least 4 members (excludes halogenated alkanes) is 7. The normalized spacial score (nSPS) is 20.1. The Bertz CT molecular complexity index is 2180. The zero-order chi connectivity index (χ0) is 43.2. The van der Waals surface area contributed by atoms with Gasteiger partial charge in [-0.1, -0.05) is 90.0 Å². The molecule has 1 unspecified atom stereocenters. The molecule has 0 bridgehead atoms. The van der Waals surface area contributed by atoms with Crippen molar-refractivity contribution in [3.63, 3.8) is 0 Å². The second kappa shape index (κ2) is 18.7. The summed E-state index contributed by atoms with van der Waals surface area (Å²) in [5, 5.41) is 12.0. The van der Waals surface area contributed by atoms with Gasteiger partial charge in [0.15, 0.2) is 0 Å². The summed E-state index contributed by atoms with van der Waals surface area (Å²) in [6.45, 7) is 16.6. The van der Waals surface area contributed by atoms with Gasteiger partial charge < -0.3 is 20.7 Å². The summed E-state index contributed by atoms with van der Waals surface area (Å²) in [6, 6.07) is 15.6. The molecule has 1 saturated carbocycles. The van der Waals surface area contributed by atoms with E-state index in [1.54, 1.807) is 60.7 Å². The number of benzene rings is 3. The summed E-state index contributed by atoms with van der Waals surface area (Å²) >= 11 is 6.23. The number of nitrogens with one attached hydrogen (secondary N) is 4. The average Bonchev–Trinajstić information content (AvgIpc) is 3.47. The molecule has 3 aromatic rings. The van der Waals surface area contributed by atoms with Gasteiger partial charge in [0.25, 0.3) is 23.6 Å². The highest BCUT2D eigenvalue weighted by atomic mass is 35.5. The number of hydrogen-bond acceptors (Lipinski definition) is 8.